The molecular formula is C12H16ClNO. The van der Waals surface area contributed by atoms with E-state index in [0.29, 0.717) is 6.61 Å². The number of hydrogen-bond donors (Lipinski definition) is 1. The molecule has 0 spiro atoms. The summed E-state index contributed by atoms with van der Waals surface area (Å²) in [6, 6.07) is 8.56. The first-order valence-electron chi connectivity index (χ1n) is 5.41. The summed E-state index contributed by atoms with van der Waals surface area (Å²) in [5.74, 6) is 0. The average Bonchev–Trinajstić information content (AvgIpc) is 3.04. The van der Waals surface area contributed by atoms with Crippen molar-refractivity contribution in [3.8, 4) is 0 Å². The Balaban J connectivity index is 1.62. The second-order valence-corrected chi connectivity index (χ2v) is 4.28. The zero-order valence-corrected chi connectivity index (χ0v) is 9.46. The number of rotatable bonds is 6. The summed E-state index contributed by atoms with van der Waals surface area (Å²) in [6.07, 6.45) is 2.65. The van der Waals surface area contributed by atoms with Crippen molar-refractivity contribution in [1.29, 1.82) is 0 Å². The first kappa shape index (κ1) is 10.9. The molecule has 15 heavy (non-hydrogen) atoms. The van der Waals surface area contributed by atoms with Gasteiger partial charge in [0.25, 0.3) is 0 Å². The van der Waals surface area contributed by atoms with Crippen molar-refractivity contribution in [2.75, 3.05) is 13.2 Å². The molecule has 1 aromatic carbocycles. The Bertz CT molecular complexity index is 312. The average molecular weight is 226 g/mol. The Morgan fingerprint density at radius 1 is 1.33 bits per heavy atom. The quantitative estimate of drug-likeness (QED) is 0.752. The van der Waals surface area contributed by atoms with Crippen LogP contribution in [-0.4, -0.2) is 19.2 Å². The summed E-state index contributed by atoms with van der Waals surface area (Å²) in [5.41, 5.74) is 1.06. The zero-order chi connectivity index (χ0) is 10.5. The Morgan fingerprint density at radius 2 is 2.13 bits per heavy atom. The predicted molar refractivity (Wildman–Crippen MR) is 62.1 cm³/mol. The summed E-state index contributed by atoms with van der Waals surface area (Å²) >= 11 is 6.00. The third kappa shape index (κ3) is 3.82. The van der Waals surface area contributed by atoms with E-state index in [4.69, 9.17) is 16.3 Å². The zero-order valence-electron chi connectivity index (χ0n) is 8.71. The molecule has 2 nitrogen and oxygen atoms in total. The molecule has 1 aliphatic carbocycles. The fourth-order valence-corrected chi connectivity index (χ4v) is 1.61. The monoisotopic (exact) mass is 225 g/mol. The molecule has 0 atom stereocenters. The van der Waals surface area contributed by atoms with Crippen LogP contribution < -0.4 is 5.32 Å². The summed E-state index contributed by atoms with van der Waals surface area (Å²) < 4.78 is 5.53. The topological polar surface area (TPSA) is 21.3 Å². The van der Waals surface area contributed by atoms with Crippen LogP contribution in [0, 0.1) is 0 Å². The molecule has 1 aromatic rings. The van der Waals surface area contributed by atoms with Gasteiger partial charge >= 0.3 is 0 Å². The van der Waals surface area contributed by atoms with E-state index in [1.165, 1.54) is 12.8 Å². The number of halogens is 1. The van der Waals surface area contributed by atoms with Gasteiger partial charge in [-0.2, -0.15) is 0 Å². The van der Waals surface area contributed by atoms with Gasteiger partial charge in [-0.05, 0) is 24.5 Å². The minimum absolute atomic E-state index is 0.603. The van der Waals surface area contributed by atoms with E-state index in [-0.39, 0.29) is 0 Å². The van der Waals surface area contributed by atoms with Gasteiger partial charge in [0, 0.05) is 17.6 Å². The lowest BCUT2D eigenvalue weighted by atomic mass is 10.2. The maximum Gasteiger partial charge on any atom is 0.0731 e. The highest BCUT2D eigenvalue weighted by Crippen LogP contribution is 2.18. The van der Waals surface area contributed by atoms with Crippen molar-refractivity contribution in [1.82, 2.24) is 5.32 Å². The molecule has 1 saturated carbocycles. The van der Waals surface area contributed by atoms with Crippen LogP contribution in [0.15, 0.2) is 24.3 Å². The highest BCUT2D eigenvalue weighted by molar-refractivity contribution is 6.31. The molecule has 0 amide bonds. The summed E-state index contributed by atoms with van der Waals surface area (Å²) in [7, 11) is 0. The second-order valence-electron chi connectivity index (χ2n) is 3.87. The Hall–Kier alpha value is -0.570. The lowest BCUT2D eigenvalue weighted by Gasteiger charge is -2.06. The van der Waals surface area contributed by atoms with Crippen molar-refractivity contribution in [2.45, 2.75) is 25.5 Å². The van der Waals surface area contributed by atoms with Gasteiger partial charge in [0.1, 0.15) is 0 Å². The molecule has 3 heteroatoms. The molecule has 1 N–H and O–H groups in total. The van der Waals surface area contributed by atoms with E-state index in [9.17, 15) is 0 Å². The third-order valence-corrected chi connectivity index (χ3v) is 2.84. The molecule has 0 bridgehead atoms. The van der Waals surface area contributed by atoms with Crippen LogP contribution in [0.25, 0.3) is 0 Å². The van der Waals surface area contributed by atoms with Gasteiger partial charge in [-0.25, -0.2) is 0 Å². The second kappa shape index (κ2) is 5.50. The van der Waals surface area contributed by atoms with Crippen molar-refractivity contribution in [3.05, 3.63) is 34.9 Å². The molecule has 0 saturated heterocycles. The van der Waals surface area contributed by atoms with E-state index in [0.717, 1.165) is 29.8 Å². The van der Waals surface area contributed by atoms with Gasteiger partial charge in [-0.3, -0.25) is 0 Å². The van der Waals surface area contributed by atoms with Gasteiger partial charge in [0.15, 0.2) is 0 Å². The van der Waals surface area contributed by atoms with Gasteiger partial charge < -0.3 is 10.1 Å². The number of ether oxygens (including phenoxy) is 1. The van der Waals surface area contributed by atoms with Crippen LogP contribution in [0.5, 0.6) is 0 Å². The Morgan fingerprint density at radius 3 is 2.87 bits per heavy atom. The van der Waals surface area contributed by atoms with Crippen LogP contribution in [-0.2, 0) is 11.3 Å². The van der Waals surface area contributed by atoms with E-state index in [1.807, 2.05) is 24.3 Å². The molecule has 0 aromatic heterocycles. The molecule has 0 aliphatic heterocycles. The van der Waals surface area contributed by atoms with Crippen molar-refractivity contribution in [2.24, 2.45) is 0 Å². The molecule has 82 valence electrons. The first-order valence-corrected chi connectivity index (χ1v) is 5.78. The Labute approximate surface area is 95.6 Å². The van der Waals surface area contributed by atoms with Crippen molar-refractivity contribution >= 4 is 11.6 Å². The van der Waals surface area contributed by atoms with E-state index >= 15 is 0 Å². The fourth-order valence-electron chi connectivity index (χ4n) is 1.42. The molecule has 1 fully saturated rings. The molecule has 0 radical (unpaired) electrons. The van der Waals surface area contributed by atoms with Gasteiger partial charge in [-0.1, -0.05) is 29.8 Å². The van der Waals surface area contributed by atoms with Crippen molar-refractivity contribution in [3.63, 3.8) is 0 Å². The molecular weight excluding hydrogens is 210 g/mol. The van der Waals surface area contributed by atoms with Crippen LogP contribution in [0.4, 0.5) is 0 Å². The maximum atomic E-state index is 6.00. The largest absolute Gasteiger partial charge is 0.375 e. The number of hydrogen-bond acceptors (Lipinski definition) is 2. The van der Waals surface area contributed by atoms with Crippen molar-refractivity contribution < 1.29 is 4.74 Å². The van der Waals surface area contributed by atoms with Gasteiger partial charge in [0.05, 0.1) is 13.2 Å². The van der Waals surface area contributed by atoms with Gasteiger partial charge in [0.2, 0.25) is 0 Å². The summed E-state index contributed by atoms with van der Waals surface area (Å²) in [4.78, 5) is 0. The minimum atomic E-state index is 0.603. The van der Waals surface area contributed by atoms with E-state index in [1.54, 1.807) is 0 Å². The normalized spacial score (nSPS) is 15.5. The first-order chi connectivity index (χ1) is 7.36. The standard InChI is InChI=1S/C12H16ClNO/c13-12-4-2-1-3-10(12)9-15-8-7-14-11-5-6-11/h1-4,11,14H,5-9H2. The lowest BCUT2D eigenvalue weighted by molar-refractivity contribution is 0.122. The molecule has 2 rings (SSSR count). The van der Waals surface area contributed by atoms with Gasteiger partial charge in [-0.15, -0.1) is 0 Å². The summed E-state index contributed by atoms with van der Waals surface area (Å²) in [5, 5.41) is 4.18. The highest BCUT2D eigenvalue weighted by Gasteiger charge is 2.19. The molecule has 1 aliphatic rings. The van der Waals surface area contributed by atoms with Crippen LogP contribution in [0.3, 0.4) is 0 Å². The lowest BCUT2D eigenvalue weighted by Crippen LogP contribution is -2.21. The number of nitrogens with one attached hydrogen (secondary N) is 1. The molecule has 0 unspecified atom stereocenters. The van der Waals surface area contributed by atoms with Crippen LogP contribution in [0.2, 0.25) is 5.02 Å². The van der Waals surface area contributed by atoms with Crippen LogP contribution >= 0.6 is 11.6 Å². The maximum absolute atomic E-state index is 6.00. The number of benzene rings is 1. The van der Waals surface area contributed by atoms with E-state index in [2.05, 4.69) is 5.32 Å². The summed E-state index contributed by atoms with van der Waals surface area (Å²) in [6.45, 7) is 2.29. The third-order valence-electron chi connectivity index (χ3n) is 2.47. The Kier molecular flexibility index (Phi) is 4.01. The SMILES string of the molecule is Clc1ccccc1COCCNC1CC1. The molecule has 0 heterocycles. The van der Waals surface area contributed by atoms with Crippen LogP contribution in [0.1, 0.15) is 18.4 Å². The smallest absolute Gasteiger partial charge is 0.0731 e. The minimum Gasteiger partial charge on any atom is -0.375 e. The highest BCUT2D eigenvalue weighted by atomic mass is 35.5. The fraction of sp³-hybridized carbons (Fsp3) is 0.500. The predicted octanol–water partition coefficient (Wildman–Crippen LogP) is 2.61. The van der Waals surface area contributed by atoms with E-state index < -0.39 is 0 Å².